The zero-order valence-corrected chi connectivity index (χ0v) is 14.2. The van der Waals surface area contributed by atoms with Gasteiger partial charge in [0.05, 0.1) is 12.2 Å². The van der Waals surface area contributed by atoms with E-state index in [1.54, 1.807) is 43.3 Å². The molecule has 0 saturated carbocycles. The molecule has 0 radical (unpaired) electrons. The third-order valence-electron chi connectivity index (χ3n) is 3.55. The van der Waals surface area contributed by atoms with Crippen LogP contribution in [0.15, 0.2) is 66.2 Å². The number of carboxylic acid groups (broad SMARTS) is 1. The number of carbonyl (C=O) groups is 2. The van der Waals surface area contributed by atoms with Crippen LogP contribution < -0.4 is 0 Å². The molecule has 5 nitrogen and oxygen atoms in total. The molecule has 0 aliphatic carbocycles. The molecule has 0 aliphatic heterocycles. The van der Waals surface area contributed by atoms with Crippen LogP contribution in [0.1, 0.15) is 28.4 Å². The van der Waals surface area contributed by atoms with Crippen LogP contribution in [0, 0.1) is 11.3 Å². The lowest BCUT2D eigenvalue weighted by molar-refractivity contribution is -0.137. The van der Waals surface area contributed by atoms with E-state index in [1.165, 1.54) is 12.1 Å². The van der Waals surface area contributed by atoms with Crippen molar-refractivity contribution in [2.75, 3.05) is 6.61 Å². The fourth-order valence-corrected chi connectivity index (χ4v) is 2.28. The highest BCUT2D eigenvalue weighted by atomic mass is 16.5. The minimum Gasteiger partial charge on any atom is -0.478 e. The van der Waals surface area contributed by atoms with Crippen molar-refractivity contribution in [2.45, 2.75) is 6.92 Å². The molecule has 0 bridgehead atoms. The lowest BCUT2D eigenvalue weighted by atomic mass is 9.99. The Bertz CT molecular complexity index is 888. The molecule has 2 aromatic rings. The Morgan fingerprint density at radius 3 is 2.27 bits per heavy atom. The predicted octanol–water partition coefficient (Wildman–Crippen LogP) is 3.94. The molecule has 0 spiro atoms. The molecule has 26 heavy (non-hydrogen) atoms. The first-order valence-electron chi connectivity index (χ1n) is 7.95. The maximum atomic E-state index is 12.1. The zero-order valence-electron chi connectivity index (χ0n) is 14.2. The predicted molar refractivity (Wildman–Crippen MR) is 98.0 cm³/mol. The monoisotopic (exact) mass is 347 g/mol. The quantitative estimate of drug-likeness (QED) is 0.370. The van der Waals surface area contributed by atoms with E-state index in [2.05, 4.69) is 0 Å². The van der Waals surface area contributed by atoms with E-state index in [0.29, 0.717) is 11.1 Å². The first kappa shape index (κ1) is 18.7. The van der Waals surface area contributed by atoms with Crippen LogP contribution in [-0.2, 0) is 9.53 Å². The third-order valence-corrected chi connectivity index (χ3v) is 3.55. The van der Waals surface area contributed by atoms with Crippen LogP contribution in [0.3, 0.4) is 0 Å². The van der Waals surface area contributed by atoms with Gasteiger partial charge in [0, 0.05) is 5.57 Å². The van der Waals surface area contributed by atoms with Gasteiger partial charge in [-0.2, -0.15) is 5.26 Å². The summed E-state index contributed by atoms with van der Waals surface area (Å²) in [5.41, 5.74) is 1.98. The number of allylic oxidation sites excluding steroid dienone is 2. The van der Waals surface area contributed by atoms with Crippen molar-refractivity contribution in [1.29, 1.82) is 5.26 Å². The van der Waals surface area contributed by atoms with E-state index in [4.69, 9.17) is 9.84 Å². The lowest BCUT2D eigenvalue weighted by Gasteiger charge is -2.07. The topological polar surface area (TPSA) is 87.4 Å². The van der Waals surface area contributed by atoms with E-state index < -0.39 is 11.9 Å². The van der Waals surface area contributed by atoms with Gasteiger partial charge in [0.25, 0.3) is 0 Å². The molecule has 0 unspecified atom stereocenters. The summed E-state index contributed by atoms with van der Waals surface area (Å²) in [5.74, 6) is -1.68. The highest BCUT2D eigenvalue weighted by Crippen LogP contribution is 2.22. The number of hydrogen-bond donors (Lipinski definition) is 1. The van der Waals surface area contributed by atoms with Crippen LogP contribution in [0.4, 0.5) is 0 Å². The average molecular weight is 347 g/mol. The van der Waals surface area contributed by atoms with Gasteiger partial charge in [-0.25, -0.2) is 9.59 Å². The summed E-state index contributed by atoms with van der Waals surface area (Å²) in [6, 6.07) is 17.3. The molecule has 130 valence electrons. The smallest absolute Gasteiger partial charge is 0.349 e. The second kappa shape index (κ2) is 9.00. The number of rotatable bonds is 6. The normalized spacial score (nSPS) is 11.5. The Labute approximate surface area is 151 Å². The van der Waals surface area contributed by atoms with Gasteiger partial charge in [0.1, 0.15) is 11.6 Å². The summed E-state index contributed by atoms with van der Waals surface area (Å²) in [4.78, 5) is 23.0. The number of carbonyl (C=O) groups excluding carboxylic acids is 1. The van der Waals surface area contributed by atoms with Crippen molar-refractivity contribution in [1.82, 2.24) is 0 Å². The molecule has 1 N–H and O–H groups in total. The van der Waals surface area contributed by atoms with Crippen molar-refractivity contribution in [3.8, 4) is 6.07 Å². The Hall–Kier alpha value is -3.65. The molecular formula is C21H17NO4. The number of carboxylic acids is 1. The maximum absolute atomic E-state index is 12.1. The van der Waals surface area contributed by atoms with Gasteiger partial charge in [0.2, 0.25) is 0 Å². The number of esters is 1. The van der Waals surface area contributed by atoms with Gasteiger partial charge in [-0.1, -0.05) is 54.6 Å². The SMILES string of the molecule is CCOC(=O)/C(C#N)=C(\C=C\c1ccc(C(=O)O)cc1)c1ccccc1. The van der Waals surface area contributed by atoms with Crippen LogP contribution in [0.25, 0.3) is 11.6 Å². The summed E-state index contributed by atoms with van der Waals surface area (Å²) in [7, 11) is 0. The molecule has 2 aromatic carbocycles. The van der Waals surface area contributed by atoms with Gasteiger partial charge in [0.15, 0.2) is 0 Å². The van der Waals surface area contributed by atoms with Crippen LogP contribution >= 0.6 is 0 Å². The van der Waals surface area contributed by atoms with Gasteiger partial charge in [-0.15, -0.1) is 0 Å². The average Bonchev–Trinajstić information content (AvgIpc) is 2.66. The standard InChI is InChI=1S/C21H17NO4/c1-2-26-21(25)19(14-22)18(16-6-4-3-5-7-16)13-10-15-8-11-17(12-9-15)20(23)24/h3-13H,2H2,1H3,(H,23,24)/b13-10+,19-18+. The van der Waals surface area contributed by atoms with Crippen molar-refractivity contribution in [2.24, 2.45) is 0 Å². The summed E-state index contributed by atoms with van der Waals surface area (Å²) < 4.78 is 4.97. The summed E-state index contributed by atoms with van der Waals surface area (Å²) in [6.45, 7) is 1.85. The van der Waals surface area contributed by atoms with Gasteiger partial charge in [-0.3, -0.25) is 0 Å². The Morgan fingerprint density at radius 1 is 1.08 bits per heavy atom. The zero-order chi connectivity index (χ0) is 18.9. The molecule has 0 amide bonds. The van der Waals surface area contributed by atoms with Crippen molar-refractivity contribution < 1.29 is 19.4 Å². The highest BCUT2D eigenvalue weighted by Gasteiger charge is 2.16. The minimum absolute atomic E-state index is 0.0866. The summed E-state index contributed by atoms with van der Waals surface area (Å²) >= 11 is 0. The first-order chi connectivity index (χ1) is 12.6. The molecule has 5 heteroatoms. The molecule has 2 rings (SSSR count). The molecule has 0 saturated heterocycles. The number of hydrogen-bond acceptors (Lipinski definition) is 4. The van der Waals surface area contributed by atoms with E-state index in [1.807, 2.05) is 24.3 Å². The summed E-state index contributed by atoms with van der Waals surface area (Å²) in [5, 5.41) is 18.4. The van der Waals surface area contributed by atoms with Gasteiger partial charge >= 0.3 is 11.9 Å². The van der Waals surface area contributed by atoms with Crippen LogP contribution in [-0.4, -0.2) is 23.7 Å². The lowest BCUT2D eigenvalue weighted by Crippen LogP contribution is -2.08. The van der Waals surface area contributed by atoms with Crippen molar-refractivity contribution in [3.05, 3.63) is 82.9 Å². The number of aromatic carboxylic acids is 1. The van der Waals surface area contributed by atoms with Crippen molar-refractivity contribution >= 4 is 23.6 Å². The number of ether oxygens (including phenoxy) is 1. The maximum Gasteiger partial charge on any atom is 0.349 e. The van der Waals surface area contributed by atoms with Crippen LogP contribution in [0.5, 0.6) is 0 Å². The Morgan fingerprint density at radius 2 is 1.73 bits per heavy atom. The second-order valence-electron chi connectivity index (χ2n) is 5.25. The molecule has 0 heterocycles. The first-order valence-corrected chi connectivity index (χ1v) is 7.95. The molecule has 0 aromatic heterocycles. The fraction of sp³-hybridized carbons (Fsp3) is 0.0952. The number of benzene rings is 2. The Balaban J connectivity index is 2.46. The van der Waals surface area contributed by atoms with E-state index in [9.17, 15) is 14.9 Å². The number of nitriles is 1. The van der Waals surface area contributed by atoms with Crippen LogP contribution in [0.2, 0.25) is 0 Å². The number of nitrogens with zero attached hydrogens (tertiary/aromatic N) is 1. The fourth-order valence-electron chi connectivity index (χ4n) is 2.28. The van der Waals surface area contributed by atoms with Crippen molar-refractivity contribution in [3.63, 3.8) is 0 Å². The van der Waals surface area contributed by atoms with E-state index >= 15 is 0 Å². The third kappa shape index (κ3) is 4.68. The molecule has 0 atom stereocenters. The minimum atomic E-state index is -1.00. The highest BCUT2D eigenvalue weighted by molar-refractivity contribution is 6.04. The molecule has 0 aliphatic rings. The van der Waals surface area contributed by atoms with E-state index in [-0.39, 0.29) is 17.7 Å². The molecule has 0 fully saturated rings. The Kier molecular flexibility index (Phi) is 6.47. The van der Waals surface area contributed by atoms with Gasteiger partial charge < -0.3 is 9.84 Å². The second-order valence-corrected chi connectivity index (χ2v) is 5.25. The molecular weight excluding hydrogens is 330 g/mol. The van der Waals surface area contributed by atoms with Gasteiger partial charge in [-0.05, 0) is 30.2 Å². The van der Waals surface area contributed by atoms with E-state index in [0.717, 1.165) is 5.56 Å². The largest absolute Gasteiger partial charge is 0.478 e. The summed E-state index contributed by atoms with van der Waals surface area (Å²) in [6.07, 6.45) is 3.37.